The summed E-state index contributed by atoms with van der Waals surface area (Å²) in [6.07, 6.45) is 7.25. The molecule has 0 radical (unpaired) electrons. The molecule has 0 unspecified atom stereocenters. The molecule has 39 heavy (non-hydrogen) atoms. The number of aromatic hydroxyl groups is 1. The van der Waals surface area contributed by atoms with Crippen LogP contribution in [0.15, 0.2) is 72.9 Å². The topological polar surface area (TPSA) is 112 Å². The summed E-state index contributed by atoms with van der Waals surface area (Å²) >= 11 is 0. The largest absolute Gasteiger partial charge is 0.508 e. The van der Waals surface area contributed by atoms with Gasteiger partial charge in [0.25, 0.3) is 0 Å². The fraction of sp³-hybridized carbons (Fsp3) is 0.355. The van der Waals surface area contributed by atoms with Crippen molar-refractivity contribution in [1.29, 1.82) is 0 Å². The van der Waals surface area contributed by atoms with Crippen molar-refractivity contribution in [2.24, 2.45) is 0 Å². The summed E-state index contributed by atoms with van der Waals surface area (Å²) in [5, 5.41) is 15.8. The number of aryl methyl sites for hydroxylation is 1. The highest BCUT2D eigenvalue weighted by molar-refractivity contribution is 6.01. The Morgan fingerprint density at radius 2 is 1.74 bits per heavy atom. The monoisotopic (exact) mass is 528 g/mol. The van der Waals surface area contributed by atoms with Gasteiger partial charge in [0.1, 0.15) is 17.6 Å². The van der Waals surface area contributed by atoms with Crippen LogP contribution in [0.1, 0.15) is 68.5 Å². The third-order valence-electron chi connectivity index (χ3n) is 6.94. The van der Waals surface area contributed by atoms with Crippen LogP contribution < -0.4 is 15.5 Å². The zero-order valence-electron chi connectivity index (χ0n) is 22.3. The summed E-state index contributed by atoms with van der Waals surface area (Å²) < 4.78 is 0. The summed E-state index contributed by atoms with van der Waals surface area (Å²) in [5.74, 6) is -0.202. The van der Waals surface area contributed by atoms with Crippen LogP contribution in [-0.2, 0) is 14.4 Å². The highest BCUT2D eigenvalue weighted by Gasteiger charge is 2.34. The van der Waals surface area contributed by atoms with E-state index < -0.39 is 6.04 Å². The molecule has 8 nitrogen and oxygen atoms in total. The minimum Gasteiger partial charge on any atom is -0.508 e. The van der Waals surface area contributed by atoms with Crippen molar-refractivity contribution in [1.82, 2.24) is 10.3 Å². The number of benzene rings is 2. The molecule has 3 amide bonds. The maximum absolute atomic E-state index is 13.8. The van der Waals surface area contributed by atoms with Crippen LogP contribution in [0.5, 0.6) is 5.75 Å². The van der Waals surface area contributed by atoms with Crippen molar-refractivity contribution < 1.29 is 19.5 Å². The molecule has 1 aliphatic carbocycles. The quantitative estimate of drug-likeness (QED) is 0.325. The van der Waals surface area contributed by atoms with Crippen molar-refractivity contribution in [3.63, 3.8) is 0 Å². The second kappa shape index (κ2) is 13.6. The molecule has 0 aliphatic heterocycles. The lowest BCUT2D eigenvalue weighted by Gasteiger charge is -2.33. The summed E-state index contributed by atoms with van der Waals surface area (Å²) in [6.45, 7) is 1.94. The van der Waals surface area contributed by atoms with Crippen LogP contribution in [0, 0.1) is 6.92 Å². The molecule has 1 aromatic heterocycles. The lowest BCUT2D eigenvalue weighted by atomic mass is 9.94. The number of anilines is 2. The van der Waals surface area contributed by atoms with E-state index in [0.29, 0.717) is 23.5 Å². The van der Waals surface area contributed by atoms with E-state index in [1.165, 1.54) is 17.0 Å². The van der Waals surface area contributed by atoms with Crippen molar-refractivity contribution in [2.45, 2.75) is 70.4 Å². The van der Waals surface area contributed by atoms with Crippen molar-refractivity contribution in [3.05, 3.63) is 84.1 Å². The SMILES string of the molecule is Cc1cccc(N(C(=O)CCCC(=O)Nc2ccccn2)[C@@H](C(=O)NC2CCCCC2)c2ccc(O)cc2)c1. The fourth-order valence-electron chi connectivity index (χ4n) is 4.98. The first-order valence-electron chi connectivity index (χ1n) is 13.6. The molecule has 0 bridgehead atoms. The Morgan fingerprint density at radius 3 is 2.44 bits per heavy atom. The van der Waals surface area contributed by atoms with Crippen molar-refractivity contribution in [2.75, 3.05) is 10.2 Å². The maximum Gasteiger partial charge on any atom is 0.248 e. The second-order valence-electron chi connectivity index (χ2n) is 10.1. The fourth-order valence-corrected chi connectivity index (χ4v) is 4.98. The van der Waals surface area contributed by atoms with Crippen LogP contribution in [0.4, 0.5) is 11.5 Å². The van der Waals surface area contributed by atoms with Gasteiger partial charge in [-0.3, -0.25) is 19.3 Å². The lowest BCUT2D eigenvalue weighted by molar-refractivity contribution is -0.127. The third kappa shape index (κ3) is 7.89. The summed E-state index contributed by atoms with van der Waals surface area (Å²) in [7, 11) is 0. The van der Waals surface area contributed by atoms with Crippen LogP contribution in [0.25, 0.3) is 0 Å². The standard InChI is InChI=1S/C31H36N4O4/c1-22-9-7-12-25(21-22)35(29(38)15-8-14-28(37)34-27-13-5-6-20-32-27)30(23-16-18-26(36)19-17-23)31(39)33-24-10-3-2-4-11-24/h5-7,9,12-13,16-21,24,30,36H,2-4,8,10-11,14-15H2,1H3,(H,33,39)(H,32,34,37)/t30-/m1/s1. The van der Waals surface area contributed by atoms with Gasteiger partial charge in [0.2, 0.25) is 17.7 Å². The first kappa shape index (κ1) is 27.8. The first-order valence-corrected chi connectivity index (χ1v) is 13.6. The number of carbonyl (C=O) groups is 3. The number of aromatic nitrogens is 1. The van der Waals surface area contributed by atoms with Crippen molar-refractivity contribution in [3.8, 4) is 5.75 Å². The molecular formula is C31H36N4O4. The van der Waals surface area contributed by atoms with Gasteiger partial charge >= 0.3 is 0 Å². The summed E-state index contributed by atoms with van der Waals surface area (Å²) in [5.41, 5.74) is 2.16. The smallest absolute Gasteiger partial charge is 0.248 e. The van der Waals surface area contributed by atoms with Crippen LogP contribution in [-0.4, -0.2) is 33.9 Å². The highest BCUT2D eigenvalue weighted by Crippen LogP contribution is 2.31. The van der Waals surface area contributed by atoms with E-state index in [9.17, 15) is 19.5 Å². The molecule has 3 N–H and O–H groups in total. The predicted octanol–water partition coefficient (Wildman–Crippen LogP) is 5.43. The number of hydrogen-bond donors (Lipinski definition) is 3. The van der Waals surface area contributed by atoms with E-state index >= 15 is 0 Å². The van der Waals surface area contributed by atoms with Gasteiger partial charge in [-0.2, -0.15) is 0 Å². The molecule has 1 heterocycles. The number of nitrogens with zero attached hydrogens (tertiary/aromatic N) is 2. The molecular weight excluding hydrogens is 492 g/mol. The van der Waals surface area contributed by atoms with Crippen LogP contribution in [0.2, 0.25) is 0 Å². The average Bonchev–Trinajstić information content (AvgIpc) is 2.93. The second-order valence-corrected chi connectivity index (χ2v) is 10.1. The average molecular weight is 529 g/mol. The van der Waals surface area contributed by atoms with Gasteiger partial charge in [0.05, 0.1) is 0 Å². The van der Waals surface area contributed by atoms with Gasteiger partial charge < -0.3 is 15.7 Å². The zero-order chi connectivity index (χ0) is 27.6. The van der Waals surface area contributed by atoms with E-state index in [-0.39, 0.29) is 42.4 Å². The minimum atomic E-state index is -0.927. The Morgan fingerprint density at radius 1 is 0.974 bits per heavy atom. The first-order chi connectivity index (χ1) is 18.9. The van der Waals surface area contributed by atoms with E-state index in [1.54, 1.807) is 36.5 Å². The number of pyridine rings is 1. The molecule has 8 heteroatoms. The van der Waals surface area contributed by atoms with Gasteiger partial charge in [-0.1, -0.05) is 49.6 Å². The van der Waals surface area contributed by atoms with Crippen molar-refractivity contribution >= 4 is 29.2 Å². The van der Waals surface area contributed by atoms with E-state index in [0.717, 1.165) is 37.7 Å². The number of amides is 3. The van der Waals surface area contributed by atoms with Crippen LogP contribution in [0.3, 0.4) is 0 Å². The van der Waals surface area contributed by atoms with Gasteiger partial charge in [-0.05, 0) is 73.7 Å². The van der Waals surface area contributed by atoms with E-state index in [4.69, 9.17) is 0 Å². The molecule has 1 fully saturated rings. The molecule has 2 aromatic carbocycles. The molecule has 4 rings (SSSR count). The normalized spacial score (nSPS) is 14.3. The Kier molecular flexibility index (Phi) is 9.67. The van der Waals surface area contributed by atoms with Crippen LogP contribution >= 0.6 is 0 Å². The number of hydrogen-bond acceptors (Lipinski definition) is 5. The molecule has 1 atom stereocenters. The minimum absolute atomic E-state index is 0.0654. The molecule has 1 aliphatic rings. The zero-order valence-corrected chi connectivity index (χ0v) is 22.3. The highest BCUT2D eigenvalue weighted by atomic mass is 16.3. The Bertz CT molecular complexity index is 1260. The Labute approximate surface area is 229 Å². The summed E-state index contributed by atoms with van der Waals surface area (Å²) in [6, 6.07) is 18.3. The lowest BCUT2D eigenvalue weighted by Crippen LogP contribution is -2.47. The maximum atomic E-state index is 13.8. The van der Waals surface area contributed by atoms with Gasteiger partial charge in [-0.25, -0.2) is 4.98 Å². The van der Waals surface area contributed by atoms with Gasteiger partial charge in [0.15, 0.2) is 0 Å². The Hall–Kier alpha value is -4.20. The molecule has 204 valence electrons. The molecule has 0 spiro atoms. The number of carbonyl (C=O) groups excluding carboxylic acids is 3. The van der Waals surface area contributed by atoms with E-state index in [2.05, 4.69) is 15.6 Å². The summed E-state index contributed by atoms with van der Waals surface area (Å²) in [4.78, 5) is 45.7. The predicted molar refractivity (Wildman–Crippen MR) is 151 cm³/mol. The third-order valence-corrected chi connectivity index (χ3v) is 6.94. The number of phenols is 1. The van der Waals surface area contributed by atoms with Gasteiger partial charge in [0, 0.05) is 30.8 Å². The molecule has 3 aromatic rings. The number of nitrogens with one attached hydrogen (secondary N) is 2. The van der Waals surface area contributed by atoms with E-state index in [1.807, 2.05) is 31.2 Å². The number of rotatable bonds is 10. The number of phenolic OH excluding ortho intramolecular Hbond substituents is 1. The Balaban J connectivity index is 1.57. The van der Waals surface area contributed by atoms with Gasteiger partial charge in [-0.15, -0.1) is 0 Å². The molecule has 0 saturated heterocycles. The molecule has 1 saturated carbocycles.